The van der Waals surface area contributed by atoms with Gasteiger partial charge in [0, 0.05) is 33.4 Å². The molecule has 0 fully saturated rings. The maximum absolute atomic E-state index is 6.57. The number of hydrogen-bond donors (Lipinski definition) is 0. The van der Waals surface area contributed by atoms with Crippen LogP contribution >= 0.6 is 43.2 Å². The van der Waals surface area contributed by atoms with Gasteiger partial charge in [-0.2, -0.15) is 5.10 Å². The highest BCUT2D eigenvalue weighted by Gasteiger charge is 2.48. The minimum absolute atomic E-state index is 0.150. The van der Waals surface area contributed by atoms with Crippen LogP contribution in [0.4, 0.5) is 0 Å². The summed E-state index contributed by atoms with van der Waals surface area (Å²) in [5, 5.41) is 9.28. The lowest BCUT2D eigenvalue weighted by Gasteiger charge is -2.46. The van der Waals surface area contributed by atoms with E-state index in [2.05, 4.69) is 97.7 Å². The van der Waals surface area contributed by atoms with E-state index < -0.39 is 5.72 Å². The Balaban J connectivity index is 1.67. The Bertz CT molecular complexity index is 1030. The Kier molecular flexibility index (Phi) is 4.18. The molecule has 0 saturated carbocycles. The van der Waals surface area contributed by atoms with E-state index in [1.165, 1.54) is 10.4 Å². The summed E-state index contributed by atoms with van der Waals surface area (Å²) in [6.45, 7) is 2.11. The van der Waals surface area contributed by atoms with Crippen LogP contribution in [-0.4, -0.2) is 10.7 Å². The SMILES string of the molecule is CC1(c2ccc(Br)cc2)Oc2ccc(Br)cc2C2CC(c3cccs3)=NN21. The summed E-state index contributed by atoms with van der Waals surface area (Å²) < 4.78 is 8.67. The molecule has 2 atom stereocenters. The van der Waals surface area contributed by atoms with Crippen LogP contribution in [0.2, 0.25) is 0 Å². The monoisotopic (exact) mass is 502 g/mol. The van der Waals surface area contributed by atoms with E-state index >= 15 is 0 Å². The summed E-state index contributed by atoms with van der Waals surface area (Å²) in [6.07, 6.45) is 0.874. The van der Waals surface area contributed by atoms with Crippen molar-refractivity contribution in [3.8, 4) is 5.75 Å². The molecule has 2 unspecified atom stereocenters. The van der Waals surface area contributed by atoms with E-state index in [0.717, 1.165) is 32.4 Å². The molecule has 2 aromatic carbocycles. The van der Waals surface area contributed by atoms with Crippen LogP contribution in [0.5, 0.6) is 5.75 Å². The summed E-state index contributed by atoms with van der Waals surface area (Å²) in [5.41, 5.74) is 2.72. The van der Waals surface area contributed by atoms with Gasteiger partial charge in [-0.15, -0.1) is 11.3 Å². The average Bonchev–Trinajstić information content (AvgIpc) is 3.33. The first-order valence-electron chi connectivity index (χ1n) is 8.70. The molecule has 0 aliphatic carbocycles. The van der Waals surface area contributed by atoms with Crippen LogP contribution in [0.1, 0.15) is 35.4 Å². The molecule has 5 rings (SSSR count). The first kappa shape index (κ1) is 17.5. The van der Waals surface area contributed by atoms with Gasteiger partial charge in [0.1, 0.15) is 5.75 Å². The van der Waals surface area contributed by atoms with E-state index in [0.29, 0.717) is 0 Å². The van der Waals surface area contributed by atoms with E-state index in [1.54, 1.807) is 11.3 Å². The lowest BCUT2D eigenvalue weighted by Crippen LogP contribution is -2.48. The number of hydrogen-bond acceptors (Lipinski definition) is 4. The largest absolute Gasteiger partial charge is 0.462 e. The quantitative estimate of drug-likeness (QED) is 0.389. The van der Waals surface area contributed by atoms with Crippen LogP contribution in [0, 0.1) is 0 Å². The Morgan fingerprint density at radius 1 is 1.11 bits per heavy atom. The lowest BCUT2D eigenvalue weighted by molar-refractivity contribution is -0.112. The number of fused-ring (bicyclic) bond motifs is 3. The molecule has 3 aromatic rings. The van der Waals surface area contributed by atoms with Gasteiger partial charge in [-0.3, -0.25) is 0 Å². The van der Waals surface area contributed by atoms with Crippen molar-refractivity contribution < 1.29 is 4.74 Å². The van der Waals surface area contributed by atoms with Gasteiger partial charge in [0.2, 0.25) is 5.72 Å². The van der Waals surface area contributed by atoms with Crippen molar-refractivity contribution in [1.29, 1.82) is 0 Å². The van der Waals surface area contributed by atoms with Gasteiger partial charge in [0.05, 0.1) is 16.6 Å². The second-order valence-corrected chi connectivity index (χ2v) is 9.64. The van der Waals surface area contributed by atoms with Gasteiger partial charge in [0.25, 0.3) is 0 Å². The maximum Gasteiger partial charge on any atom is 0.221 e. The van der Waals surface area contributed by atoms with Gasteiger partial charge in [-0.25, -0.2) is 5.01 Å². The molecule has 0 radical (unpaired) electrons. The Labute approximate surface area is 178 Å². The third kappa shape index (κ3) is 2.85. The van der Waals surface area contributed by atoms with E-state index in [-0.39, 0.29) is 6.04 Å². The second kappa shape index (κ2) is 6.47. The summed E-state index contributed by atoms with van der Waals surface area (Å²) in [5.74, 6) is 0.924. The molecule has 3 nitrogen and oxygen atoms in total. The molecule has 0 N–H and O–H groups in total. The predicted octanol–water partition coefficient (Wildman–Crippen LogP) is 6.69. The standard InChI is InChI=1S/C21H16Br2N2OS/c1-21(13-4-6-14(22)7-5-13)25-18(12-17(24-25)20-3-2-10-27-20)16-11-15(23)8-9-19(16)26-21/h2-11,18H,12H2,1H3. The highest BCUT2D eigenvalue weighted by molar-refractivity contribution is 9.10. The van der Waals surface area contributed by atoms with Crippen molar-refractivity contribution >= 4 is 48.9 Å². The molecule has 2 aliphatic rings. The van der Waals surface area contributed by atoms with Gasteiger partial charge in [0.15, 0.2) is 0 Å². The number of hydrazone groups is 1. The van der Waals surface area contributed by atoms with Crippen molar-refractivity contribution in [2.75, 3.05) is 0 Å². The number of halogens is 2. The highest BCUT2D eigenvalue weighted by atomic mass is 79.9. The minimum Gasteiger partial charge on any atom is -0.462 e. The molecule has 0 spiro atoms. The van der Waals surface area contributed by atoms with Crippen molar-refractivity contribution in [3.05, 3.63) is 84.9 Å². The fourth-order valence-electron chi connectivity index (χ4n) is 3.82. The molecule has 3 heterocycles. The van der Waals surface area contributed by atoms with E-state index in [1.807, 2.05) is 6.07 Å². The smallest absolute Gasteiger partial charge is 0.221 e. The topological polar surface area (TPSA) is 24.8 Å². The van der Waals surface area contributed by atoms with Gasteiger partial charge >= 0.3 is 0 Å². The molecule has 0 saturated heterocycles. The van der Waals surface area contributed by atoms with E-state index in [9.17, 15) is 0 Å². The summed E-state index contributed by atoms with van der Waals surface area (Å²) >= 11 is 8.87. The third-order valence-electron chi connectivity index (χ3n) is 5.17. The first-order chi connectivity index (χ1) is 13.0. The molecule has 136 valence electrons. The molecule has 0 amide bonds. The normalized spacial score (nSPS) is 23.4. The molecule has 0 bridgehead atoms. The molecule has 2 aliphatic heterocycles. The number of benzene rings is 2. The Morgan fingerprint density at radius 3 is 2.63 bits per heavy atom. The number of thiophene rings is 1. The fraction of sp³-hybridized carbons (Fsp3) is 0.190. The van der Waals surface area contributed by atoms with Crippen LogP contribution in [0.15, 0.2) is 74.0 Å². The maximum atomic E-state index is 6.57. The minimum atomic E-state index is -0.662. The van der Waals surface area contributed by atoms with Crippen molar-refractivity contribution in [1.82, 2.24) is 5.01 Å². The lowest BCUT2D eigenvalue weighted by atomic mass is 9.93. The summed E-state index contributed by atoms with van der Waals surface area (Å²) in [7, 11) is 0. The Hall–Kier alpha value is -1.63. The zero-order valence-electron chi connectivity index (χ0n) is 14.5. The van der Waals surface area contributed by atoms with Crippen LogP contribution in [-0.2, 0) is 5.72 Å². The van der Waals surface area contributed by atoms with Crippen molar-refractivity contribution in [2.45, 2.75) is 25.1 Å². The first-order valence-corrected chi connectivity index (χ1v) is 11.2. The summed E-state index contributed by atoms with van der Waals surface area (Å²) in [6, 6.07) is 18.9. The third-order valence-corrected chi connectivity index (χ3v) is 7.11. The zero-order valence-corrected chi connectivity index (χ0v) is 18.5. The number of rotatable bonds is 2. The van der Waals surface area contributed by atoms with Gasteiger partial charge in [-0.1, -0.05) is 50.1 Å². The number of ether oxygens (including phenoxy) is 1. The van der Waals surface area contributed by atoms with Crippen LogP contribution < -0.4 is 4.74 Å². The van der Waals surface area contributed by atoms with Crippen LogP contribution in [0.25, 0.3) is 0 Å². The van der Waals surface area contributed by atoms with E-state index in [4.69, 9.17) is 9.84 Å². The Morgan fingerprint density at radius 2 is 1.89 bits per heavy atom. The van der Waals surface area contributed by atoms with Crippen molar-refractivity contribution in [2.24, 2.45) is 5.10 Å². The molecular weight excluding hydrogens is 488 g/mol. The molecule has 27 heavy (non-hydrogen) atoms. The highest BCUT2D eigenvalue weighted by Crippen LogP contribution is 2.51. The number of nitrogens with zero attached hydrogens (tertiary/aromatic N) is 2. The van der Waals surface area contributed by atoms with Gasteiger partial charge < -0.3 is 4.74 Å². The molecule has 6 heteroatoms. The predicted molar refractivity (Wildman–Crippen MR) is 116 cm³/mol. The van der Waals surface area contributed by atoms with Crippen LogP contribution in [0.3, 0.4) is 0 Å². The molecule has 1 aromatic heterocycles. The van der Waals surface area contributed by atoms with Crippen molar-refractivity contribution in [3.63, 3.8) is 0 Å². The summed E-state index contributed by atoms with van der Waals surface area (Å²) in [4.78, 5) is 1.22. The zero-order chi connectivity index (χ0) is 18.6. The average molecular weight is 504 g/mol. The second-order valence-electron chi connectivity index (χ2n) is 6.86. The molecular formula is C21H16Br2N2OS. The fourth-order valence-corrected chi connectivity index (χ4v) is 5.19. The van der Waals surface area contributed by atoms with Gasteiger partial charge in [-0.05, 0) is 41.8 Å².